The molecule has 0 amide bonds. The van der Waals surface area contributed by atoms with E-state index in [9.17, 15) is 0 Å². The second-order valence-electron chi connectivity index (χ2n) is 3.07. The summed E-state index contributed by atoms with van der Waals surface area (Å²) < 4.78 is 10.2. The van der Waals surface area contributed by atoms with Crippen molar-refractivity contribution in [1.29, 1.82) is 5.26 Å². The van der Waals surface area contributed by atoms with Crippen molar-refractivity contribution in [2.24, 2.45) is 0 Å². The number of hydrogen-bond acceptors (Lipinski definition) is 5. The number of hydrogen-bond donors (Lipinski definition) is 1. The second kappa shape index (κ2) is 4.59. The molecule has 0 saturated heterocycles. The van der Waals surface area contributed by atoms with Gasteiger partial charge in [0, 0.05) is 12.8 Å². The van der Waals surface area contributed by atoms with Crippen molar-refractivity contribution in [3.05, 3.63) is 23.8 Å². The standard InChI is InChI=1S/C10H10N4O2/c1-2-15-6-9-13-10(16-14-9)7-3-8(4-11)12-5-7/h3,5,12H,2,6H2,1H3. The number of aromatic amines is 1. The highest BCUT2D eigenvalue weighted by Gasteiger charge is 2.10. The Morgan fingerprint density at radius 2 is 2.50 bits per heavy atom. The first-order valence-corrected chi connectivity index (χ1v) is 4.82. The molecule has 2 aromatic heterocycles. The number of ether oxygens (including phenoxy) is 1. The first-order valence-electron chi connectivity index (χ1n) is 4.82. The van der Waals surface area contributed by atoms with Crippen molar-refractivity contribution in [2.75, 3.05) is 6.61 Å². The van der Waals surface area contributed by atoms with E-state index in [4.69, 9.17) is 14.5 Å². The molecule has 2 aromatic rings. The summed E-state index contributed by atoms with van der Waals surface area (Å²) in [6.45, 7) is 2.83. The van der Waals surface area contributed by atoms with Crippen molar-refractivity contribution < 1.29 is 9.26 Å². The molecule has 0 atom stereocenters. The van der Waals surface area contributed by atoms with Crippen LogP contribution in [0.3, 0.4) is 0 Å². The zero-order valence-corrected chi connectivity index (χ0v) is 8.73. The summed E-state index contributed by atoms with van der Waals surface area (Å²) in [6.07, 6.45) is 1.65. The molecular formula is C10H10N4O2. The number of nitriles is 1. The van der Waals surface area contributed by atoms with Gasteiger partial charge in [0.05, 0.1) is 5.56 Å². The van der Waals surface area contributed by atoms with Crippen LogP contribution in [0.15, 0.2) is 16.8 Å². The average Bonchev–Trinajstić information content (AvgIpc) is 2.94. The zero-order chi connectivity index (χ0) is 11.4. The Bertz CT molecular complexity index is 509. The van der Waals surface area contributed by atoms with Crippen LogP contribution in [0.25, 0.3) is 11.5 Å². The molecule has 2 rings (SSSR count). The van der Waals surface area contributed by atoms with Crippen LogP contribution in [0.4, 0.5) is 0 Å². The Labute approximate surface area is 91.8 Å². The Kier molecular flexibility index (Phi) is 2.98. The van der Waals surface area contributed by atoms with E-state index in [-0.39, 0.29) is 0 Å². The van der Waals surface area contributed by atoms with Gasteiger partial charge in [-0.25, -0.2) is 0 Å². The van der Waals surface area contributed by atoms with Gasteiger partial charge in [0.25, 0.3) is 5.89 Å². The number of rotatable bonds is 4. The number of aromatic nitrogens is 3. The molecule has 0 saturated carbocycles. The van der Waals surface area contributed by atoms with Gasteiger partial charge in [-0.3, -0.25) is 0 Å². The Balaban J connectivity index is 2.15. The molecule has 0 spiro atoms. The number of H-pyrrole nitrogens is 1. The molecule has 0 unspecified atom stereocenters. The molecule has 0 bridgehead atoms. The third kappa shape index (κ3) is 2.10. The molecule has 0 fully saturated rings. The van der Waals surface area contributed by atoms with Crippen LogP contribution < -0.4 is 0 Å². The normalized spacial score (nSPS) is 10.2. The van der Waals surface area contributed by atoms with Gasteiger partial charge in [-0.05, 0) is 13.0 Å². The highest BCUT2D eigenvalue weighted by Crippen LogP contribution is 2.17. The van der Waals surface area contributed by atoms with Crippen molar-refractivity contribution >= 4 is 0 Å². The van der Waals surface area contributed by atoms with E-state index in [1.54, 1.807) is 12.3 Å². The Morgan fingerprint density at radius 1 is 1.62 bits per heavy atom. The monoisotopic (exact) mass is 218 g/mol. The number of nitrogens with zero attached hydrogens (tertiary/aromatic N) is 3. The SMILES string of the molecule is CCOCc1noc(-c2c[nH]c(C#N)c2)n1. The number of nitrogens with one attached hydrogen (secondary N) is 1. The van der Waals surface area contributed by atoms with E-state index in [0.717, 1.165) is 0 Å². The van der Waals surface area contributed by atoms with Crippen molar-refractivity contribution in [1.82, 2.24) is 15.1 Å². The van der Waals surface area contributed by atoms with Crippen molar-refractivity contribution in [3.63, 3.8) is 0 Å². The van der Waals surface area contributed by atoms with Gasteiger partial charge in [0.2, 0.25) is 0 Å². The Morgan fingerprint density at radius 3 is 3.19 bits per heavy atom. The lowest BCUT2D eigenvalue weighted by Crippen LogP contribution is -1.93. The maximum absolute atomic E-state index is 8.65. The highest BCUT2D eigenvalue weighted by atomic mass is 16.5. The van der Waals surface area contributed by atoms with Crippen LogP contribution in [0.2, 0.25) is 0 Å². The van der Waals surface area contributed by atoms with E-state index >= 15 is 0 Å². The minimum Gasteiger partial charge on any atom is -0.374 e. The molecule has 0 aliphatic heterocycles. The maximum atomic E-state index is 8.65. The summed E-state index contributed by atoms with van der Waals surface area (Å²) >= 11 is 0. The molecule has 2 heterocycles. The minimum absolute atomic E-state index is 0.329. The fraction of sp³-hybridized carbons (Fsp3) is 0.300. The summed E-state index contributed by atoms with van der Waals surface area (Å²) in [7, 11) is 0. The summed E-state index contributed by atoms with van der Waals surface area (Å²) in [4.78, 5) is 6.92. The molecule has 16 heavy (non-hydrogen) atoms. The van der Waals surface area contributed by atoms with Crippen LogP contribution in [0, 0.1) is 11.3 Å². The minimum atomic E-state index is 0.329. The Hall–Kier alpha value is -2.13. The smallest absolute Gasteiger partial charge is 0.259 e. The molecule has 6 nitrogen and oxygen atoms in total. The van der Waals surface area contributed by atoms with Crippen LogP contribution in [-0.2, 0) is 11.3 Å². The van der Waals surface area contributed by atoms with E-state index in [1.807, 2.05) is 13.0 Å². The van der Waals surface area contributed by atoms with Gasteiger partial charge in [-0.15, -0.1) is 0 Å². The summed E-state index contributed by atoms with van der Waals surface area (Å²) in [5.41, 5.74) is 1.16. The third-order valence-corrected chi connectivity index (χ3v) is 1.95. The topological polar surface area (TPSA) is 87.7 Å². The van der Waals surface area contributed by atoms with Crippen LogP contribution in [0.1, 0.15) is 18.4 Å². The van der Waals surface area contributed by atoms with E-state index in [1.165, 1.54) is 0 Å². The largest absolute Gasteiger partial charge is 0.374 e. The molecule has 0 aromatic carbocycles. The summed E-state index contributed by atoms with van der Waals surface area (Å²) in [6, 6.07) is 3.64. The lowest BCUT2D eigenvalue weighted by Gasteiger charge is -1.91. The van der Waals surface area contributed by atoms with Gasteiger partial charge in [-0.2, -0.15) is 10.2 Å². The molecule has 82 valence electrons. The van der Waals surface area contributed by atoms with Crippen LogP contribution in [-0.4, -0.2) is 21.7 Å². The second-order valence-corrected chi connectivity index (χ2v) is 3.07. The van der Waals surface area contributed by atoms with Crippen molar-refractivity contribution in [3.8, 4) is 17.5 Å². The van der Waals surface area contributed by atoms with Gasteiger partial charge in [0.15, 0.2) is 5.82 Å². The first-order chi connectivity index (χ1) is 7.83. The lowest BCUT2D eigenvalue weighted by atomic mass is 10.3. The predicted molar refractivity (Wildman–Crippen MR) is 54.1 cm³/mol. The average molecular weight is 218 g/mol. The van der Waals surface area contributed by atoms with E-state index in [0.29, 0.717) is 36.2 Å². The third-order valence-electron chi connectivity index (χ3n) is 1.95. The lowest BCUT2D eigenvalue weighted by molar-refractivity contribution is 0.126. The van der Waals surface area contributed by atoms with E-state index < -0.39 is 0 Å². The fourth-order valence-corrected chi connectivity index (χ4v) is 1.21. The summed E-state index contributed by atoms with van der Waals surface area (Å²) in [5.74, 6) is 0.879. The van der Waals surface area contributed by atoms with Crippen LogP contribution >= 0.6 is 0 Å². The molecule has 6 heteroatoms. The van der Waals surface area contributed by atoms with Crippen LogP contribution in [0.5, 0.6) is 0 Å². The van der Waals surface area contributed by atoms with Crippen molar-refractivity contribution in [2.45, 2.75) is 13.5 Å². The zero-order valence-electron chi connectivity index (χ0n) is 8.73. The van der Waals surface area contributed by atoms with E-state index in [2.05, 4.69) is 15.1 Å². The maximum Gasteiger partial charge on any atom is 0.259 e. The predicted octanol–water partition coefficient (Wildman–Crippen LogP) is 1.47. The van der Waals surface area contributed by atoms with Gasteiger partial charge >= 0.3 is 0 Å². The first kappa shape index (κ1) is 10.4. The molecule has 1 N–H and O–H groups in total. The molecule has 0 radical (unpaired) electrons. The van der Waals surface area contributed by atoms with Gasteiger partial charge in [0.1, 0.15) is 18.4 Å². The van der Waals surface area contributed by atoms with Gasteiger partial charge < -0.3 is 14.2 Å². The fourth-order valence-electron chi connectivity index (χ4n) is 1.21. The van der Waals surface area contributed by atoms with Gasteiger partial charge in [-0.1, -0.05) is 5.16 Å². The quantitative estimate of drug-likeness (QED) is 0.839. The molecule has 0 aliphatic carbocycles. The molecular weight excluding hydrogens is 208 g/mol. The molecule has 0 aliphatic rings. The highest BCUT2D eigenvalue weighted by molar-refractivity contribution is 5.54. The summed E-state index contributed by atoms with van der Waals surface area (Å²) in [5, 5.41) is 12.4.